The molecule has 0 heterocycles. The van der Waals surface area contributed by atoms with Crippen molar-refractivity contribution in [2.45, 2.75) is 19.6 Å². The largest absolute Gasteiger partial charge is 0.465 e. The number of ether oxygens (including phenoxy) is 2. The van der Waals surface area contributed by atoms with E-state index in [2.05, 4.69) is 11.9 Å². The van der Waals surface area contributed by atoms with Crippen molar-refractivity contribution >= 4 is 23.3 Å². The predicted molar refractivity (Wildman–Crippen MR) is 103 cm³/mol. The molecule has 8 heteroatoms. The van der Waals surface area contributed by atoms with Crippen molar-refractivity contribution in [3.8, 4) is 0 Å². The third kappa shape index (κ3) is 5.16. The zero-order valence-electron chi connectivity index (χ0n) is 15.5. The highest BCUT2D eigenvalue weighted by atomic mass is 16.6. The molecule has 0 spiro atoms. The van der Waals surface area contributed by atoms with Gasteiger partial charge in [-0.1, -0.05) is 36.9 Å². The monoisotopic (exact) mass is 384 g/mol. The first-order valence-electron chi connectivity index (χ1n) is 8.36. The summed E-state index contributed by atoms with van der Waals surface area (Å²) in [4.78, 5) is 34.5. The fraction of sp³-hybridized carbons (Fsp3) is 0.200. The maximum absolute atomic E-state index is 12.0. The summed E-state index contributed by atoms with van der Waals surface area (Å²) in [6, 6.07) is 12.2. The maximum atomic E-state index is 12.0. The Morgan fingerprint density at radius 3 is 2.46 bits per heavy atom. The summed E-state index contributed by atoms with van der Waals surface area (Å²) in [5, 5.41) is 13.7. The van der Waals surface area contributed by atoms with Crippen molar-refractivity contribution in [3.05, 3.63) is 81.9 Å². The Balaban J connectivity index is 2.12. The molecule has 0 aliphatic rings. The van der Waals surface area contributed by atoms with Gasteiger partial charge in [-0.25, -0.2) is 9.59 Å². The first-order chi connectivity index (χ1) is 13.3. The van der Waals surface area contributed by atoms with E-state index in [1.54, 1.807) is 6.92 Å². The predicted octanol–water partition coefficient (Wildman–Crippen LogP) is 3.71. The molecule has 1 atom stereocenters. The Morgan fingerprint density at radius 1 is 1.18 bits per heavy atom. The Bertz CT molecular complexity index is 895. The number of esters is 1. The zero-order valence-corrected chi connectivity index (χ0v) is 15.5. The third-order valence-electron chi connectivity index (χ3n) is 4.04. The van der Waals surface area contributed by atoms with Crippen LogP contribution in [0.15, 0.2) is 55.1 Å². The number of carbonyl (C=O) groups is 2. The topological polar surface area (TPSA) is 108 Å². The van der Waals surface area contributed by atoms with E-state index in [9.17, 15) is 19.7 Å². The number of rotatable bonds is 7. The summed E-state index contributed by atoms with van der Waals surface area (Å²) < 4.78 is 9.87. The van der Waals surface area contributed by atoms with Crippen LogP contribution in [0.2, 0.25) is 0 Å². The van der Waals surface area contributed by atoms with Crippen LogP contribution in [0.1, 0.15) is 28.4 Å². The summed E-state index contributed by atoms with van der Waals surface area (Å²) in [6.45, 7) is 5.60. The number of alkyl carbamates (subject to hydrolysis) is 1. The van der Waals surface area contributed by atoms with E-state index in [0.717, 1.165) is 5.56 Å². The molecule has 28 heavy (non-hydrogen) atoms. The number of methoxy groups -OCH3 is 1. The molecule has 0 fully saturated rings. The lowest BCUT2D eigenvalue weighted by atomic mass is 9.95. The Hall–Kier alpha value is -3.68. The number of nitrogens with one attached hydrogen (secondary N) is 1. The molecule has 8 nitrogen and oxygen atoms in total. The quantitative estimate of drug-likeness (QED) is 0.443. The number of nitro benzene ring substituents is 1. The molecule has 1 unspecified atom stereocenters. The second-order valence-electron chi connectivity index (χ2n) is 5.93. The Labute approximate surface area is 161 Å². The molecular formula is C20H20N2O6. The lowest BCUT2D eigenvalue weighted by Gasteiger charge is -2.18. The molecule has 146 valence electrons. The van der Waals surface area contributed by atoms with Crippen LogP contribution in [0.25, 0.3) is 5.57 Å². The minimum atomic E-state index is -0.678. The van der Waals surface area contributed by atoms with Gasteiger partial charge in [0.15, 0.2) is 0 Å². The highest BCUT2D eigenvalue weighted by molar-refractivity contribution is 5.96. The third-order valence-corrected chi connectivity index (χ3v) is 4.04. The number of nitrogens with zero attached hydrogens (tertiary/aromatic N) is 1. The molecular weight excluding hydrogens is 364 g/mol. The second-order valence-corrected chi connectivity index (χ2v) is 5.93. The summed E-state index contributed by atoms with van der Waals surface area (Å²) in [5.41, 5.74) is 1.26. The van der Waals surface area contributed by atoms with Crippen LogP contribution >= 0.6 is 0 Å². The molecule has 1 N–H and O–H groups in total. The number of non-ortho nitro benzene ring substituents is 1. The molecule has 0 bridgehead atoms. The van der Waals surface area contributed by atoms with Gasteiger partial charge in [-0.3, -0.25) is 10.1 Å². The summed E-state index contributed by atoms with van der Waals surface area (Å²) >= 11 is 0. The number of hydrogen-bond acceptors (Lipinski definition) is 6. The van der Waals surface area contributed by atoms with E-state index < -0.39 is 23.0 Å². The summed E-state index contributed by atoms with van der Waals surface area (Å²) in [6.07, 6.45) is -0.678. The normalized spacial score (nSPS) is 11.2. The van der Waals surface area contributed by atoms with Crippen molar-refractivity contribution < 1.29 is 24.0 Å². The van der Waals surface area contributed by atoms with Crippen molar-refractivity contribution in [3.63, 3.8) is 0 Å². The maximum Gasteiger partial charge on any atom is 0.407 e. The van der Waals surface area contributed by atoms with Gasteiger partial charge in [0.2, 0.25) is 0 Å². The standard InChI is InChI=1S/C20H20N2O6/c1-13(14(2)21-20(24)28-12-15-7-5-4-6-8-15)18-11-16(22(25)26)9-10-17(18)19(23)27-3/h4-11,14H,1,12H2,2-3H3,(H,21,24). The van der Waals surface area contributed by atoms with E-state index in [4.69, 9.17) is 9.47 Å². The van der Waals surface area contributed by atoms with Crippen LogP contribution < -0.4 is 5.32 Å². The van der Waals surface area contributed by atoms with Crippen LogP contribution in [0.5, 0.6) is 0 Å². The summed E-state index contributed by atoms with van der Waals surface area (Å²) in [5.74, 6) is -0.662. The van der Waals surface area contributed by atoms with Gasteiger partial charge in [0.25, 0.3) is 5.69 Å². The summed E-state index contributed by atoms with van der Waals surface area (Å²) in [7, 11) is 1.21. The minimum absolute atomic E-state index is 0.0933. The first kappa shape index (κ1) is 20.6. The van der Waals surface area contributed by atoms with Gasteiger partial charge in [0, 0.05) is 17.7 Å². The van der Waals surface area contributed by atoms with Gasteiger partial charge in [0.1, 0.15) is 6.61 Å². The zero-order chi connectivity index (χ0) is 20.7. The average molecular weight is 384 g/mol. The molecule has 2 aromatic carbocycles. The van der Waals surface area contributed by atoms with Gasteiger partial charge in [-0.05, 0) is 24.1 Å². The molecule has 0 radical (unpaired) electrons. The molecule has 0 aliphatic heterocycles. The fourth-order valence-corrected chi connectivity index (χ4v) is 2.46. The van der Waals surface area contributed by atoms with Crippen LogP contribution in [0.4, 0.5) is 10.5 Å². The van der Waals surface area contributed by atoms with Crippen molar-refractivity contribution in [2.24, 2.45) is 0 Å². The number of amides is 1. The first-order valence-corrected chi connectivity index (χ1v) is 8.36. The molecule has 2 rings (SSSR count). The van der Waals surface area contributed by atoms with Crippen LogP contribution in [0, 0.1) is 10.1 Å². The molecule has 0 saturated heterocycles. The second kappa shape index (κ2) is 9.31. The molecule has 1 amide bonds. The highest BCUT2D eigenvalue weighted by Crippen LogP contribution is 2.26. The van der Waals surface area contributed by atoms with Crippen molar-refractivity contribution in [2.75, 3.05) is 7.11 Å². The number of hydrogen-bond donors (Lipinski definition) is 1. The highest BCUT2D eigenvalue weighted by Gasteiger charge is 2.22. The molecule has 0 aromatic heterocycles. The minimum Gasteiger partial charge on any atom is -0.465 e. The van der Waals surface area contributed by atoms with E-state index >= 15 is 0 Å². The van der Waals surface area contributed by atoms with Crippen molar-refractivity contribution in [1.82, 2.24) is 5.32 Å². The molecule has 0 saturated carbocycles. The number of nitro groups is 1. The number of benzene rings is 2. The Kier molecular flexibility index (Phi) is 6.86. The fourth-order valence-electron chi connectivity index (χ4n) is 2.46. The lowest BCUT2D eigenvalue weighted by molar-refractivity contribution is -0.384. The van der Waals surface area contributed by atoms with Crippen LogP contribution in [0.3, 0.4) is 0 Å². The van der Waals surface area contributed by atoms with Crippen molar-refractivity contribution in [1.29, 1.82) is 0 Å². The van der Waals surface area contributed by atoms with E-state index in [1.165, 1.54) is 25.3 Å². The van der Waals surface area contributed by atoms with Crippen LogP contribution in [-0.2, 0) is 16.1 Å². The SMILES string of the molecule is C=C(c1cc([N+](=O)[O-])ccc1C(=O)OC)C(C)NC(=O)OCc1ccccc1. The molecule has 2 aromatic rings. The van der Waals surface area contributed by atoms with Gasteiger partial charge in [-0.15, -0.1) is 0 Å². The van der Waals surface area contributed by atoms with Gasteiger partial charge >= 0.3 is 12.1 Å². The van der Waals surface area contributed by atoms with Gasteiger partial charge < -0.3 is 14.8 Å². The van der Waals surface area contributed by atoms with Crippen LogP contribution in [-0.4, -0.2) is 30.1 Å². The van der Waals surface area contributed by atoms with E-state index in [1.807, 2.05) is 30.3 Å². The Morgan fingerprint density at radius 2 is 1.86 bits per heavy atom. The van der Waals surface area contributed by atoms with E-state index in [-0.39, 0.29) is 23.4 Å². The van der Waals surface area contributed by atoms with Gasteiger partial charge in [0.05, 0.1) is 23.6 Å². The molecule has 0 aliphatic carbocycles. The van der Waals surface area contributed by atoms with E-state index in [0.29, 0.717) is 5.57 Å². The smallest absolute Gasteiger partial charge is 0.407 e. The lowest BCUT2D eigenvalue weighted by Crippen LogP contribution is -2.34. The van der Waals surface area contributed by atoms with Gasteiger partial charge in [-0.2, -0.15) is 0 Å². The number of carbonyl (C=O) groups excluding carboxylic acids is 2. The average Bonchev–Trinajstić information content (AvgIpc) is 2.71.